The van der Waals surface area contributed by atoms with Gasteiger partial charge in [-0.1, -0.05) is 17.7 Å². The topological polar surface area (TPSA) is 70.2 Å². The Morgan fingerprint density at radius 2 is 1.79 bits per heavy atom. The molecule has 5 nitrogen and oxygen atoms in total. The van der Waals surface area contributed by atoms with Gasteiger partial charge in [0.2, 0.25) is 5.91 Å². The highest BCUT2D eigenvalue weighted by Crippen LogP contribution is 2.53. The van der Waals surface area contributed by atoms with Crippen LogP contribution in [0.1, 0.15) is 29.9 Å². The molecule has 2 aromatic rings. The van der Waals surface area contributed by atoms with Crippen molar-refractivity contribution in [1.82, 2.24) is 10.6 Å². The normalized spacial score (nSPS) is 22.4. The van der Waals surface area contributed by atoms with Gasteiger partial charge in [0.05, 0.1) is 5.92 Å². The molecule has 176 valence electrons. The summed E-state index contributed by atoms with van der Waals surface area (Å²) in [5.74, 6) is -4.49. The Bertz CT molecular complexity index is 1130. The molecule has 1 atom stereocenters. The summed E-state index contributed by atoms with van der Waals surface area (Å²) in [6, 6.07) is 3.84. The van der Waals surface area contributed by atoms with Crippen molar-refractivity contribution in [3.05, 3.63) is 52.0 Å². The van der Waals surface area contributed by atoms with E-state index in [4.69, 9.17) is 11.6 Å². The number of amides is 3. The third kappa shape index (κ3) is 4.36. The van der Waals surface area contributed by atoms with E-state index in [0.29, 0.717) is 16.8 Å². The van der Waals surface area contributed by atoms with Crippen LogP contribution < -0.4 is 16.0 Å². The number of nitrogens with one attached hydrogen (secondary N) is 3. The van der Waals surface area contributed by atoms with Crippen LogP contribution in [0.2, 0.25) is 5.02 Å². The Morgan fingerprint density at radius 1 is 1.12 bits per heavy atom. The molecule has 2 aromatic carbocycles. The van der Waals surface area contributed by atoms with Crippen molar-refractivity contribution in [3.63, 3.8) is 0 Å². The number of halogens is 6. The van der Waals surface area contributed by atoms with Crippen molar-refractivity contribution < 1.29 is 31.5 Å². The van der Waals surface area contributed by atoms with Crippen LogP contribution in [0.5, 0.6) is 0 Å². The number of hydrogen-bond donors (Lipinski definition) is 3. The van der Waals surface area contributed by atoms with Crippen LogP contribution in [0.15, 0.2) is 24.3 Å². The largest absolute Gasteiger partial charge is 0.391 e. The second-order valence-electron chi connectivity index (χ2n) is 8.23. The van der Waals surface area contributed by atoms with Gasteiger partial charge in [0.1, 0.15) is 16.9 Å². The number of rotatable bonds is 4. The lowest BCUT2D eigenvalue weighted by molar-refractivity contribution is -0.197. The molecule has 1 saturated carbocycles. The Balaban J connectivity index is 1.73. The summed E-state index contributed by atoms with van der Waals surface area (Å²) in [6.07, 6.45) is -4.71. The van der Waals surface area contributed by atoms with E-state index in [-0.39, 0.29) is 30.5 Å². The van der Waals surface area contributed by atoms with E-state index in [2.05, 4.69) is 16.0 Å². The van der Waals surface area contributed by atoms with E-state index < -0.39 is 52.6 Å². The average molecular weight is 488 g/mol. The summed E-state index contributed by atoms with van der Waals surface area (Å²) in [5, 5.41) is 6.87. The fourth-order valence-electron chi connectivity index (χ4n) is 4.31. The van der Waals surface area contributed by atoms with Gasteiger partial charge in [0, 0.05) is 17.8 Å². The number of hydrogen-bond acceptors (Lipinski definition) is 2. The zero-order chi connectivity index (χ0) is 24.1. The molecular formula is C22H19ClF5N3O2. The van der Waals surface area contributed by atoms with Crippen LogP contribution in [0.3, 0.4) is 0 Å². The quantitative estimate of drug-likeness (QED) is 0.406. The van der Waals surface area contributed by atoms with Crippen molar-refractivity contribution >= 4 is 29.2 Å². The first-order chi connectivity index (χ1) is 15.5. The number of carbonyl (C=O) groups excluding carboxylic acids is 2. The highest BCUT2D eigenvalue weighted by molar-refractivity contribution is 6.31. The number of benzene rings is 2. The second-order valence-corrected chi connectivity index (χ2v) is 8.60. The predicted molar refractivity (Wildman–Crippen MR) is 112 cm³/mol. The fourth-order valence-corrected chi connectivity index (χ4v) is 4.48. The van der Waals surface area contributed by atoms with E-state index in [1.807, 2.05) is 0 Å². The van der Waals surface area contributed by atoms with Crippen LogP contribution in [-0.4, -0.2) is 30.7 Å². The van der Waals surface area contributed by atoms with Crippen molar-refractivity contribution in [2.24, 2.45) is 5.92 Å². The highest BCUT2D eigenvalue weighted by atomic mass is 35.5. The van der Waals surface area contributed by atoms with E-state index in [1.165, 1.54) is 18.2 Å². The highest BCUT2D eigenvalue weighted by Gasteiger charge is 2.49. The summed E-state index contributed by atoms with van der Waals surface area (Å²) < 4.78 is 67.8. The van der Waals surface area contributed by atoms with Crippen LogP contribution >= 0.6 is 11.6 Å². The molecule has 4 rings (SSSR count). The summed E-state index contributed by atoms with van der Waals surface area (Å²) >= 11 is 5.72. The fraction of sp³-hybridized carbons (Fsp3) is 0.364. The smallest absolute Gasteiger partial charge is 0.336 e. The molecule has 2 fully saturated rings. The predicted octanol–water partition coefficient (Wildman–Crippen LogP) is 5.27. The summed E-state index contributed by atoms with van der Waals surface area (Å²) in [6.45, 7) is 1.70. The number of anilines is 1. The molecule has 3 amide bonds. The van der Waals surface area contributed by atoms with Gasteiger partial charge in [-0.25, -0.2) is 13.6 Å². The molecule has 1 aliphatic carbocycles. The minimum absolute atomic E-state index is 0.0416. The van der Waals surface area contributed by atoms with E-state index in [9.17, 15) is 31.5 Å². The maximum Gasteiger partial charge on any atom is 0.391 e. The first kappa shape index (κ1) is 23.3. The minimum Gasteiger partial charge on any atom is -0.336 e. The summed E-state index contributed by atoms with van der Waals surface area (Å²) in [4.78, 5) is 23.8. The molecule has 1 heterocycles. The van der Waals surface area contributed by atoms with E-state index in [0.717, 1.165) is 6.07 Å². The minimum atomic E-state index is -4.34. The van der Waals surface area contributed by atoms with Gasteiger partial charge in [-0.3, -0.25) is 4.79 Å². The first-order valence-corrected chi connectivity index (χ1v) is 10.5. The van der Waals surface area contributed by atoms with Crippen LogP contribution in [-0.2, 0) is 4.79 Å². The standard InChI is InChI=1S/C22H19ClF5N3O2/c1-9-15(30-20(32)16-8-29-21(33)31-16)5-3-12(13-2-4-14(24)18(23)19(13)25)17(9)10-6-11(7-10)22(26,27)28/h2-5,10-11,16H,6-8H2,1H3,(H,30,32)(H2,29,31,33)/t10-,11-,16-/m0/s1. The molecule has 0 bridgehead atoms. The number of urea groups is 1. The van der Waals surface area contributed by atoms with Crippen LogP contribution in [0.4, 0.5) is 32.4 Å². The molecule has 11 heteroatoms. The molecule has 2 aliphatic rings. The molecule has 3 N–H and O–H groups in total. The van der Waals surface area contributed by atoms with Gasteiger partial charge in [-0.05, 0) is 60.6 Å². The van der Waals surface area contributed by atoms with Crippen molar-refractivity contribution in [3.8, 4) is 11.1 Å². The molecule has 1 saturated heterocycles. The van der Waals surface area contributed by atoms with E-state index >= 15 is 0 Å². The Labute approximate surface area is 190 Å². The molecule has 1 aliphatic heterocycles. The van der Waals surface area contributed by atoms with Crippen molar-refractivity contribution in [1.29, 1.82) is 0 Å². The van der Waals surface area contributed by atoms with Crippen molar-refractivity contribution in [2.45, 2.75) is 37.9 Å². The Morgan fingerprint density at radius 3 is 2.39 bits per heavy atom. The average Bonchev–Trinajstić information content (AvgIpc) is 3.14. The Kier molecular flexibility index (Phi) is 5.98. The van der Waals surface area contributed by atoms with Gasteiger partial charge in [-0.2, -0.15) is 13.2 Å². The molecule has 0 radical (unpaired) electrons. The number of carbonyl (C=O) groups is 2. The third-order valence-corrected chi connectivity index (χ3v) is 6.54. The summed E-state index contributed by atoms with van der Waals surface area (Å²) in [5.41, 5.74) is 1.46. The maximum atomic E-state index is 14.8. The van der Waals surface area contributed by atoms with Crippen molar-refractivity contribution in [2.75, 3.05) is 11.9 Å². The SMILES string of the molecule is Cc1c(NC(=O)[C@@H]2CNC(=O)N2)ccc(-c2ccc(F)c(Cl)c2F)c1[C@H]1C[C@H](C(F)(F)F)C1. The van der Waals surface area contributed by atoms with E-state index in [1.54, 1.807) is 6.92 Å². The van der Waals surface area contributed by atoms with Gasteiger partial charge < -0.3 is 16.0 Å². The maximum absolute atomic E-state index is 14.8. The lowest BCUT2D eigenvalue weighted by atomic mass is 9.68. The van der Waals surface area contributed by atoms with Gasteiger partial charge >= 0.3 is 12.2 Å². The summed E-state index contributed by atoms with van der Waals surface area (Å²) in [7, 11) is 0. The van der Waals surface area contributed by atoms with Gasteiger partial charge in [-0.15, -0.1) is 0 Å². The third-order valence-electron chi connectivity index (χ3n) is 6.20. The zero-order valence-corrected chi connectivity index (χ0v) is 18.0. The second kappa shape index (κ2) is 8.48. The first-order valence-electron chi connectivity index (χ1n) is 10.2. The van der Waals surface area contributed by atoms with Crippen LogP contribution in [0.25, 0.3) is 11.1 Å². The van der Waals surface area contributed by atoms with Crippen LogP contribution in [0, 0.1) is 24.5 Å². The molecule has 0 aromatic heterocycles. The van der Waals surface area contributed by atoms with Gasteiger partial charge in [0.25, 0.3) is 0 Å². The molecule has 33 heavy (non-hydrogen) atoms. The lowest BCUT2D eigenvalue weighted by Crippen LogP contribution is -2.39. The Hall–Kier alpha value is -2.88. The molecule has 0 spiro atoms. The zero-order valence-electron chi connectivity index (χ0n) is 17.2. The van der Waals surface area contributed by atoms with Gasteiger partial charge in [0.15, 0.2) is 5.82 Å². The lowest BCUT2D eigenvalue weighted by Gasteiger charge is -2.39. The monoisotopic (exact) mass is 487 g/mol. The molecular weight excluding hydrogens is 469 g/mol. The molecule has 0 unspecified atom stereocenters. The number of alkyl halides is 3.